The van der Waals surface area contributed by atoms with Gasteiger partial charge in [-0.2, -0.15) is 0 Å². The summed E-state index contributed by atoms with van der Waals surface area (Å²) >= 11 is 4.34. The number of rotatable bonds is 6. The van der Waals surface area contributed by atoms with E-state index < -0.39 is 11.8 Å². The molecule has 0 atom stereocenters. The van der Waals surface area contributed by atoms with Crippen LogP contribution < -0.4 is 15.6 Å². The molecule has 0 unspecified atom stereocenters. The molecule has 0 aliphatic heterocycles. The third-order valence-corrected chi connectivity index (χ3v) is 4.30. The van der Waals surface area contributed by atoms with E-state index in [1.807, 2.05) is 0 Å². The standard InChI is InChI=1S/C16H14BrFN2O3S/c17-11-5-7-12(8-6-11)23-9-15(21)19-20-16(22)10-24-14-4-2-1-3-13(14)18/h1-8H,9-10H2,(H,19,21)(H,20,22). The molecule has 2 rings (SSSR count). The van der Waals surface area contributed by atoms with Gasteiger partial charge in [0.2, 0.25) is 5.91 Å². The quantitative estimate of drug-likeness (QED) is 0.565. The fraction of sp³-hybridized carbons (Fsp3) is 0.125. The zero-order valence-electron chi connectivity index (χ0n) is 12.4. The summed E-state index contributed by atoms with van der Waals surface area (Å²) in [6, 6.07) is 13.2. The average Bonchev–Trinajstić information content (AvgIpc) is 2.58. The van der Waals surface area contributed by atoms with Crippen LogP contribution in [0.15, 0.2) is 57.9 Å². The highest BCUT2D eigenvalue weighted by molar-refractivity contribution is 9.10. The van der Waals surface area contributed by atoms with Crippen LogP contribution in [0.2, 0.25) is 0 Å². The first-order valence-corrected chi connectivity index (χ1v) is 8.66. The lowest BCUT2D eigenvalue weighted by Crippen LogP contribution is -2.44. The van der Waals surface area contributed by atoms with E-state index in [2.05, 4.69) is 26.8 Å². The fourth-order valence-corrected chi connectivity index (χ4v) is 2.60. The smallest absolute Gasteiger partial charge is 0.276 e. The number of hydrogen-bond acceptors (Lipinski definition) is 4. The second-order valence-corrected chi connectivity index (χ2v) is 6.49. The molecule has 0 aromatic heterocycles. The summed E-state index contributed by atoms with van der Waals surface area (Å²) in [5, 5.41) is 0. The third-order valence-electron chi connectivity index (χ3n) is 2.72. The minimum atomic E-state index is -0.498. The van der Waals surface area contributed by atoms with Gasteiger partial charge in [-0.05, 0) is 36.4 Å². The second-order valence-electron chi connectivity index (χ2n) is 4.56. The van der Waals surface area contributed by atoms with E-state index in [0.717, 1.165) is 16.2 Å². The molecule has 0 aliphatic rings. The van der Waals surface area contributed by atoms with Crippen molar-refractivity contribution in [2.75, 3.05) is 12.4 Å². The number of halogens is 2. The molecule has 5 nitrogen and oxygen atoms in total. The van der Waals surface area contributed by atoms with Gasteiger partial charge >= 0.3 is 0 Å². The number of nitrogens with one attached hydrogen (secondary N) is 2. The zero-order chi connectivity index (χ0) is 17.4. The maximum absolute atomic E-state index is 13.4. The van der Waals surface area contributed by atoms with Gasteiger partial charge in [-0.1, -0.05) is 28.1 Å². The van der Waals surface area contributed by atoms with E-state index in [9.17, 15) is 14.0 Å². The van der Waals surface area contributed by atoms with Gasteiger partial charge in [0, 0.05) is 9.37 Å². The number of hydrazine groups is 1. The Morgan fingerprint density at radius 2 is 1.71 bits per heavy atom. The predicted octanol–water partition coefficient (Wildman–Crippen LogP) is 2.91. The number of thioether (sulfide) groups is 1. The number of amides is 2. The molecule has 126 valence electrons. The van der Waals surface area contributed by atoms with Crippen molar-refractivity contribution >= 4 is 39.5 Å². The summed E-state index contributed by atoms with van der Waals surface area (Å²) < 4.78 is 19.6. The number of carbonyl (C=O) groups excluding carboxylic acids is 2. The third kappa shape index (κ3) is 6.21. The molecule has 24 heavy (non-hydrogen) atoms. The average molecular weight is 413 g/mol. The molecule has 2 aromatic rings. The Hall–Kier alpha value is -2.06. The monoisotopic (exact) mass is 412 g/mol. The Morgan fingerprint density at radius 1 is 1.04 bits per heavy atom. The number of ether oxygens (including phenoxy) is 1. The van der Waals surface area contributed by atoms with Crippen molar-refractivity contribution in [1.82, 2.24) is 10.9 Å². The first-order chi connectivity index (χ1) is 11.5. The Kier molecular flexibility index (Phi) is 7.07. The topological polar surface area (TPSA) is 67.4 Å². The highest BCUT2D eigenvalue weighted by Gasteiger charge is 2.08. The van der Waals surface area contributed by atoms with Gasteiger partial charge in [0.05, 0.1) is 5.75 Å². The van der Waals surface area contributed by atoms with Crippen molar-refractivity contribution in [3.63, 3.8) is 0 Å². The van der Waals surface area contributed by atoms with E-state index in [1.54, 1.807) is 42.5 Å². The van der Waals surface area contributed by atoms with Crippen LogP contribution in [0, 0.1) is 5.82 Å². The summed E-state index contributed by atoms with van der Waals surface area (Å²) in [5.74, 6) is -0.811. The van der Waals surface area contributed by atoms with E-state index in [4.69, 9.17) is 4.74 Å². The van der Waals surface area contributed by atoms with Crippen LogP contribution in [0.4, 0.5) is 4.39 Å². The van der Waals surface area contributed by atoms with Crippen molar-refractivity contribution in [3.05, 3.63) is 58.8 Å². The lowest BCUT2D eigenvalue weighted by molar-refractivity contribution is -0.128. The lowest BCUT2D eigenvalue weighted by atomic mass is 10.3. The second kappa shape index (κ2) is 9.29. The van der Waals surface area contributed by atoms with Crippen LogP contribution in [0.3, 0.4) is 0 Å². The summed E-state index contributed by atoms with van der Waals surface area (Å²) in [6.07, 6.45) is 0. The fourth-order valence-electron chi connectivity index (χ4n) is 1.60. The maximum Gasteiger partial charge on any atom is 0.276 e. The SMILES string of the molecule is O=C(COc1ccc(Br)cc1)NNC(=O)CSc1ccccc1F. The number of hydrogen-bond donors (Lipinski definition) is 2. The number of benzene rings is 2. The Bertz CT molecular complexity index is 713. The highest BCUT2D eigenvalue weighted by Crippen LogP contribution is 2.20. The summed E-state index contributed by atoms with van der Waals surface area (Å²) in [6.45, 7) is -0.234. The van der Waals surface area contributed by atoms with Gasteiger partial charge in [-0.15, -0.1) is 11.8 Å². The van der Waals surface area contributed by atoms with Gasteiger partial charge in [-0.25, -0.2) is 4.39 Å². The van der Waals surface area contributed by atoms with E-state index in [0.29, 0.717) is 10.6 Å². The maximum atomic E-state index is 13.4. The zero-order valence-corrected chi connectivity index (χ0v) is 14.8. The van der Waals surface area contributed by atoms with Crippen LogP contribution in [0.5, 0.6) is 5.75 Å². The number of carbonyl (C=O) groups is 2. The molecule has 8 heteroatoms. The minimum Gasteiger partial charge on any atom is -0.484 e. The summed E-state index contributed by atoms with van der Waals surface area (Å²) in [7, 11) is 0. The molecular weight excluding hydrogens is 399 g/mol. The van der Waals surface area contributed by atoms with Crippen molar-refractivity contribution in [2.45, 2.75) is 4.90 Å². The first kappa shape index (κ1) is 18.3. The molecule has 2 aromatic carbocycles. The normalized spacial score (nSPS) is 10.1. The Morgan fingerprint density at radius 3 is 2.42 bits per heavy atom. The Balaban J connectivity index is 1.66. The lowest BCUT2D eigenvalue weighted by Gasteiger charge is -2.09. The van der Waals surface area contributed by atoms with Gasteiger partial charge in [0.1, 0.15) is 11.6 Å². The highest BCUT2D eigenvalue weighted by atomic mass is 79.9. The molecule has 0 heterocycles. The molecule has 0 fully saturated rings. The summed E-state index contributed by atoms with van der Waals surface area (Å²) in [4.78, 5) is 23.6. The first-order valence-electron chi connectivity index (χ1n) is 6.88. The molecule has 0 aliphatic carbocycles. The van der Waals surface area contributed by atoms with E-state index >= 15 is 0 Å². The van der Waals surface area contributed by atoms with Crippen molar-refractivity contribution in [2.24, 2.45) is 0 Å². The van der Waals surface area contributed by atoms with Crippen LogP contribution >= 0.6 is 27.7 Å². The van der Waals surface area contributed by atoms with Crippen molar-refractivity contribution < 1.29 is 18.7 Å². The van der Waals surface area contributed by atoms with E-state index in [1.165, 1.54) is 6.07 Å². The molecular formula is C16H14BrFN2O3S. The van der Waals surface area contributed by atoms with Gasteiger partial charge < -0.3 is 4.74 Å². The van der Waals surface area contributed by atoms with Gasteiger partial charge in [0.15, 0.2) is 6.61 Å². The molecule has 0 saturated heterocycles. The van der Waals surface area contributed by atoms with E-state index in [-0.39, 0.29) is 18.2 Å². The predicted molar refractivity (Wildman–Crippen MR) is 93.0 cm³/mol. The van der Waals surface area contributed by atoms with Gasteiger partial charge in [-0.3, -0.25) is 20.4 Å². The molecule has 2 N–H and O–H groups in total. The van der Waals surface area contributed by atoms with Crippen molar-refractivity contribution in [3.8, 4) is 5.75 Å². The van der Waals surface area contributed by atoms with Crippen LogP contribution in [0.25, 0.3) is 0 Å². The van der Waals surface area contributed by atoms with Crippen LogP contribution in [0.1, 0.15) is 0 Å². The van der Waals surface area contributed by atoms with Crippen molar-refractivity contribution in [1.29, 1.82) is 0 Å². The van der Waals surface area contributed by atoms with Crippen LogP contribution in [-0.4, -0.2) is 24.2 Å². The molecule has 0 spiro atoms. The molecule has 0 radical (unpaired) electrons. The molecule has 0 saturated carbocycles. The Labute approximate surface area is 151 Å². The van der Waals surface area contributed by atoms with Gasteiger partial charge in [0.25, 0.3) is 5.91 Å². The summed E-state index contributed by atoms with van der Waals surface area (Å²) in [5.41, 5.74) is 4.48. The van der Waals surface area contributed by atoms with Crippen LogP contribution in [-0.2, 0) is 9.59 Å². The molecule has 2 amide bonds. The largest absolute Gasteiger partial charge is 0.484 e. The minimum absolute atomic E-state index is 0.0191. The molecule has 0 bridgehead atoms.